The second kappa shape index (κ2) is 8.47. The first-order valence-corrected chi connectivity index (χ1v) is 10.7. The number of sulfonamides is 1. The maximum atomic E-state index is 12.7. The maximum absolute atomic E-state index is 12.7. The molecule has 0 aliphatic heterocycles. The first kappa shape index (κ1) is 19.3. The number of rotatable bonds is 8. The topological polar surface area (TPSA) is 87.8 Å². The zero-order valence-corrected chi connectivity index (χ0v) is 16.6. The van der Waals surface area contributed by atoms with Crippen LogP contribution in [0.4, 0.5) is 5.13 Å². The van der Waals surface area contributed by atoms with Gasteiger partial charge in [0.05, 0.1) is 23.1 Å². The Hall–Kier alpha value is -2.49. The predicted molar refractivity (Wildman–Crippen MR) is 108 cm³/mol. The molecule has 2 aromatic heterocycles. The molecule has 0 saturated heterocycles. The van der Waals surface area contributed by atoms with Crippen LogP contribution in [-0.2, 0) is 10.0 Å². The lowest BCUT2D eigenvalue weighted by Gasteiger charge is -2.18. The summed E-state index contributed by atoms with van der Waals surface area (Å²) in [6.07, 6.45) is 3.13. The molecule has 7 nitrogen and oxygen atoms in total. The molecule has 0 atom stereocenters. The molecule has 0 fully saturated rings. The summed E-state index contributed by atoms with van der Waals surface area (Å²) in [4.78, 5) is 4.73. The van der Waals surface area contributed by atoms with Crippen LogP contribution < -0.4 is 5.43 Å². The van der Waals surface area contributed by atoms with Crippen LogP contribution in [0.3, 0.4) is 0 Å². The minimum absolute atomic E-state index is 0.266. The zero-order valence-electron chi connectivity index (χ0n) is 15.0. The summed E-state index contributed by atoms with van der Waals surface area (Å²) in [6, 6.07) is 10.4. The van der Waals surface area contributed by atoms with Gasteiger partial charge in [0.25, 0.3) is 0 Å². The summed E-state index contributed by atoms with van der Waals surface area (Å²) in [5.74, 6) is 0.633. The average Bonchev–Trinajstić information content (AvgIpc) is 3.35. The Kier molecular flexibility index (Phi) is 6.04. The Balaban J connectivity index is 1.79. The van der Waals surface area contributed by atoms with E-state index in [1.165, 1.54) is 15.6 Å². The number of benzene rings is 1. The molecule has 27 heavy (non-hydrogen) atoms. The van der Waals surface area contributed by atoms with Gasteiger partial charge in [0.1, 0.15) is 5.76 Å². The van der Waals surface area contributed by atoms with E-state index >= 15 is 0 Å². The van der Waals surface area contributed by atoms with Gasteiger partial charge >= 0.3 is 0 Å². The minimum atomic E-state index is -3.50. The molecule has 142 valence electrons. The second-order valence-electron chi connectivity index (χ2n) is 5.54. The molecule has 1 aromatic carbocycles. The van der Waals surface area contributed by atoms with E-state index in [1.807, 2.05) is 25.3 Å². The van der Waals surface area contributed by atoms with Crippen molar-refractivity contribution in [2.45, 2.75) is 18.7 Å². The smallest absolute Gasteiger partial charge is 0.243 e. The van der Waals surface area contributed by atoms with E-state index in [0.29, 0.717) is 29.7 Å². The van der Waals surface area contributed by atoms with Crippen LogP contribution in [0.1, 0.15) is 19.6 Å². The van der Waals surface area contributed by atoms with Gasteiger partial charge in [-0.2, -0.15) is 9.41 Å². The van der Waals surface area contributed by atoms with Gasteiger partial charge in [0.15, 0.2) is 0 Å². The highest BCUT2D eigenvalue weighted by Crippen LogP contribution is 2.27. The van der Waals surface area contributed by atoms with Crippen LogP contribution in [0.5, 0.6) is 0 Å². The van der Waals surface area contributed by atoms with Crippen LogP contribution in [0.25, 0.3) is 11.3 Å². The molecule has 3 aromatic rings. The van der Waals surface area contributed by atoms with E-state index in [2.05, 4.69) is 15.5 Å². The average molecular weight is 405 g/mol. The lowest BCUT2D eigenvalue weighted by Crippen LogP contribution is -2.30. The lowest BCUT2D eigenvalue weighted by molar-refractivity contribution is 0.445. The first-order chi connectivity index (χ1) is 13.0. The molecular weight excluding hydrogens is 384 g/mol. The van der Waals surface area contributed by atoms with E-state index in [9.17, 15) is 8.42 Å². The van der Waals surface area contributed by atoms with Crippen LogP contribution in [0, 0.1) is 0 Å². The molecular formula is C18H20N4O3S2. The zero-order chi connectivity index (χ0) is 19.3. The highest BCUT2D eigenvalue weighted by molar-refractivity contribution is 7.89. The highest BCUT2D eigenvalue weighted by atomic mass is 32.2. The fourth-order valence-corrected chi connectivity index (χ4v) is 4.67. The third-order valence-electron chi connectivity index (χ3n) is 3.87. The third kappa shape index (κ3) is 4.44. The maximum Gasteiger partial charge on any atom is 0.243 e. The molecule has 1 N–H and O–H groups in total. The third-order valence-corrected chi connectivity index (χ3v) is 6.67. The summed E-state index contributed by atoms with van der Waals surface area (Å²) < 4.78 is 32.0. The Bertz CT molecular complexity index is 1010. The second-order valence-corrected chi connectivity index (χ2v) is 8.34. The SMILES string of the molecule is CCN(CC)S(=O)(=O)c1cccc(-c2csc(NN=Cc3ccco3)n2)c1. The van der Waals surface area contributed by atoms with Crippen molar-refractivity contribution in [2.75, 3.05) is 18.5 Å². The van der Waals surface area contributed by atoms with Crippen molar-refractivity contribution in [2.24, 2.45) is 5.10 Å². The van der Waals surface area contributed by atoms with Crippen molar-refractivity contribution in [1.82, 2.24) is 9.29 Å². The Morgan fingerprint density at radius 3 is 2.78 bits per heavy atom. The molecule has 9 heteroatoms. The summed E-state index contributed by atoms with van der Waals surface area (Å²) in [5.41, 5.74) is 4.27. The molecule has 0 bridgehead atoms. The fraction of sp³-hybridized carbons (Fsp3) is 0.222. The van der Waals surface area contributed by atoms with Gasteiger partial charge in [-0.25, -0.2) is 13.4 Å². The molecule has 2 heterocycles. The van der Waals surface area contributed by atoms with Crippen molar-refractivity contribution in [3.63, 3.8) is 0 Å². The van der Waals surface area contributed by atoms with E-state index < -0.39 is 10.0 Å². The highest BCUT2D eigenvalue weighted by Gasteiger charge is 2.22. The molecule has 0 unspecified atom stereocenters. The van der Waals surface area contributed by atoms with Crippen LogP contribution in [-0.4, -0.2) is 37.0 Å². The van der Waals surface area contributed by atoms with Crippen molar-refractivity contribution < 1.29 is 12.8 Å². The minimum Gasteiger partial charge on any atom is -0.463 e. The Morgan fingerprint density at radius 2 is 2.07 bits per heavy atom. The number of hydrazone groups is 1. The molecule has 0 saturated carbocycles. The van der Waals surface area contributed by atoms with Crippen molar-refractivity contribution >= 4 is 32.7 Å². The van der Waals surface area contributed by atoms with Crippen molar-refractivity contribution in [1.29, 1.82) is 0 Å². The summed E-state index contributed by atoms with van der Waals surface area (Å²) in [5, 5.41) is 6.53. The summed E-state index contributed by atoms with van der Waals surface area (Å²) in [7, 11) is -3.50. The number of anilines is 1. The van der Waals surface area contributed by atoms with Gasteiger partial charge in [-0.05, 0) is 24.3 Å². The number of furan rings is 1. The number of thiazole rings is 1. The van der Waals surface area contributed by atoms with E-state index in [0.717, 1.165) is 5.56 Å². The number of hydrogen-bond acceptors (Lipinski definition) is 7. The molecule has 3 rings (SSSR count). The molecule has 0 spiro atoms. The number of hydrogen-bond donors (Lipinski definition) is 1. The van der Waals surface area contributed by atoms with Crippen molar-refractivity contribution in [3.05, 3.63) is 53.8 Å². The van der Waals surface area contributed by atoms with Gasteiger partial charge < -0.3 is 4.42 Å². The van der Waals surface area contributed by atoms with Crippen LogP contribution >= 0.6 is 11.3 Å². The summed E-state index contributed by atoms with van der Waals surface area (Å²) >= 11 is 1.38. The predicted octanol–water partition coefficient (Wildman–Crippen LogP) is 3.88. The van der Waals surface area contributed by atoms with Gasteiger partial charge in [0, 0.05) is 24.0 Å². The standard InChI is InChI=1S/C18H20N4O3S2/c1-3-22(4-2)27(23,24)16-9-5-7-14(11-16)17-13-26-18(20-17)21-19-12-15-8-6-10-25-15/h5-13H,3-4H2,1-2H3,(H,20,21). The monoisotopic (exact) mass is 404 g/mol. The van der Waals surface area contributed by atoms with Gasteiger partial charge in [-0.3, -0.25) is 5.43 Å². The lowest BCUT2D eigenvalue weighted by atomic mass is 10.2. The first-order valence-electron chi connectivity index (χ1n) is 8.43. The normalized spacial score (nSPS) is 12.1. The fourth-order valence-electron chi connectivity index (χ4n) is 2.50. The number of nitrogens with one attached hydrogen (secondary N) is 1. The van der Waals surface area contributed by atoms with Gasteiger partial charge in [-0.1, -0.05) is 26.0 Å². The van der Waals surface area contributed by atoms with Gasteiger partial charge in [-0.15, -0.1) is 11.3 Å². The number of nitrogens with zero attached hydrogens (tertiary/aromatic N) is 3. The van der Waals surface area contributed by atoms with E-state index in [4.69, 9.17) is 4.42 Å². The van der Waals surface area contributed by atoms with E-state index in [1.54, 1.807) is 42.8 Å². The van der Waals surface area contributed by atoms with Crippen LogP contribution in [0.2, 0.25) is 0 Å². The molecule has 0 radical (unpaired) electrons. The summed E-state index contributed by atoms with van der Waals surface area (Å²) in [6.45, 7) is 4.52. The van der Waals surface area contributed by atoms with Gasteiger partial charge in [0.2, 0.25) is 15.2 Å². The molecule has 0 amide bonds. The largest absolute Gasteiger partial charge is 0.463 e. The van der Waals surface area contributed by atoms with Crippen LogP contribution in [0.15, 0.2) is 62.5 Å². The Labute approximate surface area is 162 Å². The molecule has 0 aliphatic carbocycles. The molecule has 0 aliphatic rings. The van der Waals surface area contributed by atoms with Crippen molar-refractivity contribution in [3.8, 4) is 11.3 Å². The quantitative estimate of drug-likeness (QED) is 0.455. The Morgan fingerprint density at radius 1 is 1.26 bits per heavy atom. The van der Waals surface area contributed by atoms with E-state index in [-0.39, 0.29) is 4.90 Å². The number of aromatic nitrogens is 1.